The lowest BCUT2D eigenvalue weighted by Gasteiger charge is -2.19. The summed E-state index contributed by atoms with van der Waals surface area (Å²) in [4.78, 5) is 24.4. The molecule has 0 saturated heterocycles. The molecular formula is C25H30N4O3. The molecule has 2 N–H and O–H groups in total. The normalized spacial score (nSPS) is 11.2. The maximum Gasteiger partial charge on any atom is 0.412 e. The number of nitrogens with one attached hydrogen (secondary N) is 2. The SMILES string of the molecule is Cc1cc(C)n(Cc2cccc(CNC(=O)c3ccc(NC(=O)OC(C)(C)C)cc3)c2)n1. The van der Waals surface area contributed by atoms with Crippen LogP contribution in [0.5, 0.6) is 0 Å². The molecule has 0 saturated carbocycles. The van der Waals surface area contributed by atoms with Crippen molar-refractivity contribution in [3.05, 3.63) is 82.7 Å². The number of aryl methyl sites for hydroxylation is 2. The molecule has 0 radical (unpaired) electrons. The van der Waals surface area contributed by atoms with E-state index in [4.69, 9.17) is 4.74 Å². The van der Waals surface area contributed by atoms with E-state index in [0.717, 1.165) is 22.5 Å². The predicted octanol–water partition coefficient (Wildman–Crippen LogP) is 4.83. The van der Waals surface area contributed by atoms with E-state index in [-0.39, 0.29) is 5.91 Å². The Bertz CT molecular complexity index is 1100. The zero-order chi connectivity index (χ0) is 23.3. The van der Waals surface area contributed by atoms with Gasteiger partial charge in [0.05, 0.1) is 12.2 Å². The molecule has 3 rings (SSSR count). The first kappa shape index (κ1) is 23.1. The third-order valence-corrected chi connectivity index (χ3v) is 4.67. The van der Waals surface area contributed by atoms with Crippen LogP contribution in [0.1, 0.15) is 53.6 Å². The zero-order valence-corrected chi connectivity index (χ0v) is 19.2. The fraction of sp³-hybridized carbons (Fsp3) is 0.320. The molecule has 32 heavy (non-hydrogen) atoms. The van der Waals surface area contributed by atoms with Crippen molar-refractivity contribution in [2.45, 2.75) is 53.3 Å². The van der Waals surface area contributed by atoms with E-state index in [1.165, 1.54) is 0 Å². The van der Waals surface area contributed by atoms with E-state index in [1.807, 2.05) is 30.7 Å². The molecule has 0 fully saturated rings. The second kappa shape index (κ2) is 9.68. The largest absolute Gasteiger partial charge is 0.444 e. The van der Waals surface area contributed by atoms with Gasteiger partial charge in [-0.25, -0.2) is 4.79 Å². The Balaban J connectivity index is 1.55. The molecular weight excluding hydrogens is 404 g/mol. The number of anilines is 1. The highest BCUT2D eigenvalue weighted by molar-refractivity contribution is 5.95. The summed E-state index contributed by atoms with van der Waals surface area (Å²) >= 11 is 0. The molecule has 0 spiro atoms. The highest BCUT2D eigenvalue weighted by Gasteiger charge is 2.16. The summed E-state index contributed by atoms with van der Waals surface area (Å²) in [6.07, 6.45) is -0.532. The van der Waals surface area contributed by atoms with Crippen LogP contribution >= 0.6 is 0 Å². The number of amides is 2. The Morgan fingerprint density at radius 2 is 1.69 bits per heavy atom. The monoisotopic (exact) mass is 434 g/mol. The maximum atomic E-state index is 12.5. The summed E-state index contributed by atoms with van der Waals surface area (Å²) in [7, 11) is 0. The summed E-state index contributed by atoms with van der Waals surface area (Å²) in [5.74, 6) is -0.183. The molecule has 7 heteroatoms. The lowest BCUT2D eigenvalue weighted by Crippen LogP contribution is -2.27. The highest BCUT2D eigenvalue weighted by Crippen LogP contribution is 2.14. The molecule has 0 bridgehead atoms. The van der Waals surface area contributed by atoms with Crippen molar-refractivity contribution in [1.29, 1.82) is 0 Å². The summed E-state index contributed by atoms with van der Waals surface area (Å²) in [5, 5.41) is 10.1. The summed E-state index contributed by atoms with van der Waals surface area (Å²) in [6, 6.07) is 16.8. The Morgan fingerprint density at radius 1 is 1.00 bits per heavy atom. The Kier molecular flexibility index (Phi) is 6.98. The van der Waals surface area contributed by atoms with Gasteiger partial charge in [-0.2, -0.15) is 5.10 Å². The Hall–Kier alpha value is -3.61. The summed E-state index contributed by atoms with van der Waals surface area (Å²) in [6.45, 7) is 10.5. The minimum atomic E-state index is -0.572. The average Bonchev–Trinajstić information content (AvgIpc) is 3.02. The number of carbonyl (C=O) groups is 2. The average molecular weight is 435 g/mol. The molecule has 0 unspecified atom stereocenters. The number of hydrogen-bond acceptors (Lipinski definition) is 4. The van der Waals surface area contributed by atoms with Crippen LogP contribution in [0.15, 0.2) is 54.6 Å². The van der Waals surface area contributed by atoms with Crippen molar-refractivity contribution < 1.29 is 14.3 Å². The van der Waals surface area contributed by atoms with E-state index in [9.17, 15) is 9.59 Å². The van der Waals surface area contributed by atoms with Crippen LogP contribution < -0.4 is 10.6 Å². The Labute approximate surface area is 188 Å². The molecule has 3 aromatic rings. The van der Waals surface area contributed by atoms with E-state index < -0.39 is 11.7 Å². The van der Waals surface area contributed by atoms with E-state index >= 15 is 0 Å². The second-order valence-corrected chi connectivity index (χ2v) is 8.79. The molecule has 7 nitrogen and oxygen atoms in total. The van der Waals surface area contributed by atoms with Gasteiger partial charge in [-0.3, -0.25) is 14.8 Å². The quantitative estimate of drug-likeness (QED) is 0.582. The van der Waals surface area contributed by atoms with Crippen LogP contribution in [0, 0.1) is 13.8 Å². The highest BCUT2D eigenvalue weighted by atomic mass is 16.6. The Morgan fingerprint density at radius 3 is 2.31 bits per heavy atom. The molecule has 0 aliphatic heterocycles. The lowest BCUT2D eigenvalue weighted by molar-refractivity contribution is 0.0635. The van der Waals surface area contributed by atoms with Crippen LogP contribution in [-0.4, -0.2) is 27.4 Å². The third kappa shape index (κ3) is 6.70. The van der Waals surface area contributed by atoms with Crippen molar-refractivity contribution in [2.24, 2.45) is 0 Å². The molecule has 0 aliphatic carbocycles. The predicted molar refractivity (Wildman–Crippen MR) is 125 cm³/mol. The van der Waals surface area contributed by atoms with Gasteiger partial charge >= 0.3 is 6.09 Å². The fourth-order valence-corrected chi connectivity index (χ4v) is 3.26. The van der Waals surface area contributed by atoms with Crippen molar-refractivity contribution >= 4 is 17.7 Å². The smallest absolute Gasteiger partial charge is 0.412 e. The van der Waals surface area contributed by atoms with Crippen molar-refractivity contribution in [3.63, 3.8) is 0 Å². The van der Waals surface area contributed by atoms with Gasteiger partial charge in [0, 0.05) is 23.5 Å². The van der Waals surface area contributed by atoms with Gasteiger partial charge in [-0.1, -0.05) is 24.3 Å². The number of hydrogen-bond donors (Lipinski definition) is 2. The van der Waals surface area contributed by atoms with E-state index in [1.54, 1.807) is 45.0 Å². The number of ether oxygens (including phenoxy) is 1. The standard InChI is InChI=1S/C25H30N4O3/c1-17-13-18(2)29(28-17)16-20-8-6-7-19(14-20)15-26-23(30)21-9-11-22(12-10-21)27-24(31)32-25(3,4)5/h6-14H,15-16H2,1-5H3,(H,26,30)(H,27,31). The van der Waals surface area contributed by atoms with Gasteiger partial charge in [0.2, 0.25) is 0 Å². The van der Waals surface area contributed by atoms with Gasteiger partial charge in [-0.05, 0) is 76.1 Å². The van der Waals surface area contributed by atoms with E-state index in [2.05, 4.69) is 33.9 Å². The van der Waals surface area contributed by atoms with Crippen molar-refractivity contribution in [3.8, 4) is 0 Å². The number of carbonyl (C=O) groups excluding carboxylic acids is 2. The molecule has 1 aromatic heterocycles. The van der Waals surface area contributed by atoms with Gasteiger partial charge in [0.25, 0.3) is 5.91 Å². The first-order chi connectivity index (χ1) is 15.1. The van der Waals surface area contributed by atoms with Gasteiger partial charge in [0.1, 0.15) is 5.60 Å². The minimum Gasteiger partial charge on any atom is -0.444 e. The number of aromatic nitrogens is 2. The van der Waals surface area contributed by atoms with Gasteiger partial charge < -0.3 is 10.1 Å². The van der Waals surface area contributed by atoms with E-state index in [0.29, 0.717) is 24.3 Å². The van der Waals surface area contributed by atoms with Crippen molar-refractivity contribution in [1.82, 2.24) is 15.1 Å². The first-order valence-electron chi connectivity index (χ1n) is 10.6. The van der Waals surface area contributed by atoms with Crippen LogP contribution in [0.3, 0.4) is 0 Å². The first-order valence-corrected chi connectivity index (χ1v) is 10.6. The molecule has 2 amide bonds. The summed E-state index contributed by atoms with van der Waals surface area (Å²) in [5.41, 5.74) is 4.76. The third-order valence-electron chi connectivity index (χ3n) is 4.67. The number of benzene rings is 2. The molecule has 2 aromatic carbocycles. The lowest BCUT2D eigenvalue weighted by atomic mass is 10.1. The van der Waals surface area contributed by atoms with Gasteiger partial charge in [0.15, 0.2) is 0 Å². The van der Waals surface area contributed by atoms with Crippen LogP contribution in [-0.2, 0) is 17.8 Å². The number of rotatable bonds is 6. The molecule has 0 aliphatic rings. The maximum absolute atomic E-state index is 12.5. The summed E-state index contributed by atoms with van der Waals surface area (Å²) < 4.78 is 7.20. The zero-order valence-electron chi connectivity index (χ0n) is 19.2. The molecule has 0 atom stereocenters. The topological polar surface area (TPSA) is 85.2 Å². The van der Waals surface area contributed by atoms with Crippen LogP contribution in [0.25, 0.3) is 0 Å². The molecule has 168 valence electrons. The van der Waals surface area contributed by atoms with Crippen molar-refractivity contribution in [2.75, 3.05) is 5.32 Å². The minimum absolute atomic E-state index is 0.183. The fourth-order valence-electron chi connectivity index (χ4n) is 3.26. The van der Waals surface area contributed by atoms with Crippen LogP contribution in [0.2, 0.25) is 0 Å². The van der Waals surface area contributed by atoms with Crippen LogP contribution in [0.4, 0.5) is 10.5 Å². The molecule has 1 heterocycles. The van der Waals surface area contributed by atoms with Gasteiger partial charge in [-0.15, -0.1) is 0 Å². The second-order valence-electron chi connectivity index (χ2n) is 8.79. The number of nitrogens with zero attached hydrogens (tertiary/aromatic N) is 2.